The van der Waals surface area contributed by atoms with E-state index < -0.39 is 0 Å². The van der Waals surface area contributed by atoms with Gasteiger partial charge in [0.1, 0.15) is 0 Å². The van der Waals surface area contributed by atoms with Crippen LogP contribution < -0.4 is 5.32 Å². The van der Waals surface area contributed by atoms with E-state index in [2.05, 4.69) is 27.3 Å². The highest BCUT2D eigenvalue weighted by Gasteiger charge is 2.30. The molecule has 0 bridgehead atoms. The van der Waals surface area contributed by atoms with Crippen LogP contribution in [0.15, 0.2) is 9.85 Å². The molecule has 1 aromatic rings. The Morgan fingerprint density at radius 2 is 2.23 bits per heavy atom. The largest absolute Gasteiger partial charge is 0.306 e. The molecular formula is C10H12BrNS. The molecule has 13 heavy (non-hydrogen) atoms. The van der Waals surface area contributed by atoms with Crippen LogP contribution in [0.1, 0.15) is 35.7 Å². The first-order valence-corrected chi connectivity index (χ1v) is 6.48. The van der Waals surface area contributed by atoms with Crippen LogP contribution in [0, 0.1) is 0 Å². The predicted octanol–water partition coefficient (Wildman–Crippen LogP) is 3.25. The molecule has 1 saturated carbocycles. The number of halogens is 1. The second kappa shape index (κ2) is 3.07. The summed E-state index contributed by atoms with van der Waals surface area (Å²) >= 11 is 5.47. The average molecular weight is 258 g/mol. The van der Waals surface area contributed by atoms with Crippen molar-refractivity contribution in [3.63, 3.8) is 0 Å². The van der Waals surface area contributed by atoms with Gasteiger partial charge < -0.3 is 5.32 Å². The van der Waals surface area contributed by atoms with Crippen LogP contribution in [0.3, 0.4) is 0 Å². The van der Waals surface area contributed by atoms with Crippen molar-refractivity contribution in [2.45, 2.75) is 37.8 Å². The summed E-state index contributed by atoms with van der Waals surface area (Å²) in [5.41, 5.74) is 1.56. The Bertz CT molecular complexity index is 330. The molecule has 0 aromatic carbocycles. The number of thiophene rings is 1. The van der Waals surface area contributed by atoms with Gasteiger partial charge in [0.15, 0.2) is 0 Å². The third kappa shape index (κ3) is 1.58. The second-order valence-corrected chi connectivity index (χ2v) is 6.44. The van der Waals surface area contributed by atoms with Crippen LogP contribution in [0.25, 0.3) is 0 Å². The van der Waals surface area contributed by atoms with Gasteiger partial charge in [0.2, 0.25) is 0 Å². The Kier molecular flexibility index (Phi) is 2.00. The number of hydrogen-bond acceptors (Lipinski definition) is 2. The highest BCUT2D eigenvalue weighted by molar-refractivity contribution is 9.11. The minimum atomic E-state index is 0.666. The highest BCUT2D eigenvalue weighted by Crippen LogP contribution is 2.41. The van der Waals surface area contributed by atoms with Crippen molar-refractivity contribution in [3.05, 3.63) is 20.3 Å². The molecule has 1 aromatic heterocycles. The molecule has 0 radical (unpaired) electrons. The summed E-state index contributed by atoms with van der Waals surface area (Å²) in [7, 11) is 0. The van der Waals surface area contributed by atoms with E-state index in [0.717, 1.165) is 6.04 Å². The lowest BCUT2D eigenvalue weighted by Crippen LogP contribution is -2.20. The van der Waals surface area contributed by atoms with Gasteiger partial charge in [0.05, 0.1) is 3.79 Å². The van der Waals surface area contributed by atoms with Gasteiger partial charge in [-0.15, -0.1) is 11.3 Å². The summed E-state index contributed by atoms with van der Waals surface area (Å²) in [6, 6.07) is 3.78. The molecule has 1 N–H and O–H groups in total. The zero-order valence-electron chi connectivity index (χ0n) is 7.35. The first kappa shape index (κ1) is 8.45. The summed E-state index contributed by atoms with van der Waals surface area (Å²) < 4.78 is 1.29. The Balaban J connectivity index is 1.83. The zero-order chi connectivity index (χ0) is 8.84. The van der Waals surface area contributed by atoms with Gasteiger partial charge in [-0.1, -0.05) is 0 Å². The van der Waals surface area contributed by atoms with E-state index in [1.54, 1.807) is 10.4 Å². The van der Waals surface area contributed by atoms with E-state index in [1.807, 2.05) is 11.3 Å². The molecule has 0 spiro atoms. The fraction of sp³-hybridized carbons (Fsp3) is 0.600. The quantitative estimate of drug-likeness (QED) is 0.858. The van der Waals surface area contributed by atoms with Crippen LogP contribution in [-0.2, 0) is 6.42 Å². The van der Waals surface area contributed by atoms with Gasteiger partial charge in [0, 0.05) is 17.0 Å². The van der Waals surface area contributed by atoms with Crippen LogP contribution in [-0.4, -0.2) is 6.04 Å². The molecule has 1 unspecified atom stereocenters. The maximum absolute atomic E-state index is 3.71. The van der Waals surface area contributed by atoms with Crippen molar-refractivity contribution < 1.29 is 0 Å². The summed E-state index contributed by atoms with van der Waals surface area (Å²) in [6.07, 6.45) is 5.35. The van der Waals surface area contributed by atoms with Gasteiger partial charge >= 0.3 is 0 Å². The molecule has 1 fully saturated rings. The van der Waals surface area contributed by atoms with Crippen molar-refractivity contribution in [1.82, 2.24) is 5.32 Å². The fourth-order valence-corrected chi connectivity index (χ4v) is 3.85. The van der Waals surface area contributed by atoms with E-state index in [4.69, 9.17) is 0 Å². The summed E-state index contributed by atoms with van der Waals surface area (Å²) in [4.78, 5) is 1.58. The standard InChI is InChI=1S/C10H12BrNS/c11-9-5-6-1-4-8(10(6)13-9)12-7-2-3-7/h5,7-8,12H,1-4H2. The first-order valence-electron chi connectivity index (χ1n) is 4.87. The van der Waals surface area contributed by atoms with E-state index >= 15 is 0 Å². The van der Waals surface area contributed by atoms with Crippen molar-refractivity contribution in [3.8, 4) is 0 Å². The van der Waals surface area contributed by atoms with Gasteiger partial charge in [0.25, 0.3) is 0 Å². The lowest BCUT2D eigenvalue weighted by Gasteiger charge is -2.10. The van der Waals surface area contributed by atoms with Crippen molar-refractivity contribution in [2.24, 2.45) is 0 Å². The van der Waals surface area contributed by atoms with Crippen molar-refractivity contribution >= 4 is 27.3 Å². The SMILES string of the molecule is Brc1cc2c(s1)C(NC1CC1)CC2. The summed E-state index contributed by atoms with van der Waals surface area (Å²) in [6.45, 7) is 0. The van der Waals surface area contributed by atoms with Crippen LogP contribution in [0.5, 0.6) is 0 Å². The Hall–Kier alpha value is 0.140. The molecule has 1 heterocycles. The van der Waals surface area contributed by atoms with Crippen LogP contribution >= 0.6 is 27.3 Å². The highest BCUT2D eigenvalue weighted by atomic mass is 79.9. The molecule has 1 nitrogen and oxygen atoms in total. The molecule has 2 aliphatic carbocycles. The minimum Gasteiger partial charge on any atom is -0.306 e. The number of aryl methyl sites for hydroxylation is 1. The number of rotatable bonds is 2. The zero-order valence-corrected chi connectivity index (χ0v) is 9.75. The van der Waals surface area contributed by atoms with Gasteiger partial charge in [-0.2, -0.15) is 0 Å². The average Bonchev–Trinajstić information content (AvgIpc) is 2.73. The lowest BCUT2D eigenvalue weighted by molar-refractivity contribution is 0.533. The second-order valence-electron chi connectivity index (χ2n) is 3.97. The van der Waals surface area contributed by atoms with E-state index in [9.17, 15) is 0 Å². The van der Waals surface area contributed by atoms with Gasteiger partial charge in [-0.05, 0) is 53.2 Å². The van der Waals surface area contributed by atoms with Crippen molar-refractivity contribution in [2.75, 3.05) is 0 Å². The molecule has 3 rings (SSSR count). The summed E-state index contributed by atoms with van der Waals surface area (Å²) in [5.74, 6) is 0. The number of fused-ring (bicyclic) bond motifs is 1. The predicted molar refractivity (Wildman–Crippen MR) is 59.2 cm³/mol. The van der Waals surface area contributed by atoms with Crippen LogP contribution in [0.2, 0.25) is 0 Å². The molecule has 3 heteroatoms. The summed E-state index contributed by atoms with van der Waals surface area (Å²) in [5, 5.41) is 3.71. The fourth-order valence-electron chi connectivity index (χ4n) is 2.02. The third-order valence-electron chi connectivity index (χ3n) is 2.84. The molecule has 1 atom stereocenters. The maximum atomic E-state index is 3.71. The molecule has 2 aliphatic rings. The normalized spacial score (nSPS) is 26.4. The van der Waals surface area contributed by atoms with Gasteiger partial charge in [-0.25, -0.2) is 0 Å². The Morgan fingerprint density at radius 3 is 3.00 bits per heavy atom. The number of nitrogens with one attached hydrogen (secondary N) is 1. The van der Waals surface area contributed by atoms with Crippen LogP contribution in [0.4, 0.5) is 0 Å². The maximum Gasteiger partial charge on any atom is 0.0704 e. The Morgan fingerprint density at radius 1 is 1.38 bits per heavy atom. The first-order chi connectivity index (χ1) is 6.33. The molecule has 0 saturated heterocycles. The minimum absolute atomic E-state index is 0.666. The van der Waals surface area contributed by atoms with E-state index in [-0.39, 0.29) is 0 Å². The lowest BCUT2D eigenvalue weighted by atomic mass is 10.2. The van der Waals surface area contributed by atoms with E-state index in [0.29, 0.717) is 6.04 Å². The molecule has 0 aliphatic heterocycles. The van der Waals surface area contributed by atoms with Crippen molar-refractivity contribution in [1.29, 1.82) is 0 Å². The molecule has 0 amide bonds. The third-order valence-corrected chi connectivity index (χ3v) is 4.64. The smallest absolute Gasteiger partial charge is 0.0704 e. The topological polar surface area (TPSA) is 12.0 Å². The molecular weight excluding hydrogens is 246 g/mol. The van der Waals surface area contributed by atoms with E-state index in [1.165, 1.54) is 29.5 Å². The number of hydrogen-bond donors (Lipinski definition) is 1. The Labute approximate surface area is 90.7 Å². The monoisotopic (exact) mass is 257 g/mol. The van der Waals surface area contributed by atoms with Gasteiger partial charge in [-0.3, -0.25) is 0 Å². The molecule has 70 valence electrons.